The first-order chi connectivity index (χ1) is 10.2. The van der Waals surface area contributed by atoms with Crippen LogP contribution in [0.1, 0.15) is 23.1 Å². The minimum absolute atomic E-state index is 0. The fourth-order valence-corrected chi connectivity index (χ4v) is 3.40. The van der Waals surface area contributed by atoms with Gasteiger partial charge in [0.05, 0.1) is 0 Å². The maximum absolute atomic E-state index is 11.5. The standard InChI is InChI=1S/C17H15ClN2O.ClH/c18-13-8-6-12(7-9-13)17(21)15-5-2-1-4-14(15)16-19-10-3-11-20(16)17;/h1-2,4-9,21H,3,10-11H2;1H. The van der Waals surface area contributed by atoms with Crippen molar-refractivity contribution in [2.24, 2.45) is 4.99 Å². The summed E-state index contributed by atoms with van der Waals surface area (Å²) in [5, 5.41) is 12.2. The minimum Gasteiger partial charge on any atom is -0.363 e. The number of benzene rings is 2. The van der Waals surface area contributed by atoms with Crippen LogP contribution < -0.4 is 0 Å². The van der Waals surface area contributed by atoms with Crippen LogP contribution in [-0.2, 0) is 5.72 Å². The summed E-state index contributed by atoms with van der Waals surface area (Å²) in [7, 11) is 0. The van der Waals surface area contributed by atoms with Gasteiger partial charge in [-0.05, 0) is 18.6 Å². The zero-order valence-corrected chi connectivity index (χ0v) is 13.4. The molecule has 1 unspecified atom stereocenters. The van der Waals surface area contributed by atoms with E-state index in [1.165, 1.54) is 0 Å². The SMILES string of the molecule is Cl.OC1(c2ccc(Cl)cc2)c2ccccc2C2=NCCCN21. The maximum atomic E-state index is 11.5. The van der Waals surface area contributed by atoms with Gasteiger partial charge in [-0.1, -0.05) is 48.0 Å². The molecule has 2 aromatic carbocycles. The molecule has 2 heterocycles. The largest absolute Gasteiger partial charge is 0.363 e. The summed E-state index contributed by atoms with van der Waals surface area (Å²) in [5.41, 5.74) is 1.59. The lowest BCUT2D eigenvalue weighted by molar-refractivity contribution is -0.0317. The Balaban J connectivity index is 0.00000144. The Hall–Kier alpha value is -1.55. The zero-order chi connectivity index (χ0) is 14.4. The highest BCUT2D eigenvalue weighted by atomic mass is 35.5. The Kier molecular flexibility index (Phi) is 3.89. The van der Waals surface area contributed by atoms with Crippen LogP contribution in [0.5, 0.6) is 0 Å². The van der Waals surface area contributed by atoms with E-state index in [9.17, 15) is 5.11 Å². The van der Waals surface area contributed by atoms with Crippen molar-refractivity contribution in [3.63, 3.8) is 0 Å². The molecule has 0 radical (unpaired) electrons. The number of fused-ring (bicyclic) bond motifs is 3. The van der Waals surface area contributed by atoms with Crippen LogP contribution in [0.4, 0.5) is 0 Å². The van der Waals surface area contributed by atoms with Gasteiger partial charge in [-0.3, -0.25) is 4.99 Å². The van der Waals surface area contributed by atoms with Crippen molar-refractivity contribution in [3.05, 3.63) is 70.2 Å². The van der Waals surface area contributed by atoms with Gasteiger partial charge in [0.25, 0.3) is 0 Å². The molecule has 2 aliphatic heterocycles. The molecule has 114 valence electrons. The van der Waals surface area contributed by atoms with Gasteiger partial charge < -0.3 is 10.0 Å². The first-order valence-electron chi connectivity index (χ1n) is 7.11. The number of amidine groups is 1. The first-order valence-corrected chi connectivity index (χ1v) is 7.49. The molecule has 0 spiro atoms. The van der Waals surface area contributed by atoms with Gasteiger partial charge in [0.2, 0.25) is 0 Å². The van der Waals surface area contributed by atoms with Crippen LogP contribution >= 0.6 is 24.0 Å². The molecule has 0 fully saturated rings. The van der Waals surface area contributed by atoms with Crippen LogP contribution in [0.25, 0.3) is 0 Å². The number of rotatable bonds is 1. The van der Waals surface area contributed by atoms with Crippen LogP contribution in [0, 0.1) is 0 Å². The van der Waals surface area contributed by atoms with Crippen molar-refractivity contribution in [2.45, 2.75) is 12.1 Å². The van der Waals surface area contributed by atoms with Crippen molar-refractivity contribution < 1.29 is 5.11 Å². The van der Waals surface area contributed by atoms with Crippen molar-refractivity contribution in [3.8, 4) is 0 Å². The van der Waals surface area contributed by atoms with Crippen molar-refractivity contribution in [1.29, 1.82) is 0 Å². The number of aliphatic imine (C=N–C) groups is 1. The Morgan fingerprint density at radius 2 is 1.82 bits per heavy atom. The van der Waals surface area contributed by atoms with E-state index >= 15 is 0 Å². The third-order valence-electron chi connectivity index (χ3n) is 4.24. The fourth-order valence-electron chi connectivity index (χ4n) is 3.27. The molecule has 0 saturated carbocycles. The summed E-state index contributed by atoms with van der Waals surface area (Å²) >= 11 is 5.98. The van der Waals surface area contributed by atoms with Crippen molar-refractivity contribution in [1.82, 2.24) is 4.90 Å². The average molecular weight is 335 g/mol. The Morgan fingerprint density at radius 1 is 1.09 bits per heavy atom. The van der Waals surface area contributed by atoms with Crippen LogP contribution in [0.15, 0.2) is 53.5 Å². The smallest absolute Gasteiger partial charge is 0.193 e. The lowest BCUT2D eigenvalue weighted by atomic mass is 9.94. The normalized spacial score (nSPS) is 22.5. The van der Waals surface area contributed by atoms with Crippen LogP contribution in [0.2, 0.25) is 5.02 Å². The van der Waals surface area contributed by atoms with E-state index < -0.39 is 5.72 Å². The second kappa shape index (κ2) is 5.58. The predicted octanol–water partition coefficient (Wildman–Crippen LogP) is 3.42. The molecule has 2 aromatic rings. The Bertz CT molecular complexity index is 730. The molecule has 1 N–H and O–H groups in total. The van der Waals surface area contributed by atoms with E-state index in [2.05, 4.69) is 4.99 Å². The molecule has 1 atom stereocenters. The number of hydrogen-bond donors (Lipinski definition) is 1. The highest BCUT2D eigenvalue weighted by Gasteiger charge is 2.48. The molecule has 0 amide bonds. The van der Waals surface area contributed by atoms with Gasteiger partial charge in [-0.15, -0.1) is 12.4 Å². The number of aliphatic hydroxyl groups is 1. The van der Waals surface area contributed by atoms with Gasteiger partial charge in [-0.2, -0.15) is 0 Å². The molecule has 0 aliphatic carbocycles. The predicted molar refractivity (Wildman–Crippen MR) is 90.9 cm³/mol. The Morgan fingerprint density at radius 3 is 2.59 bits per heavy atom. The van der Waals surface area contributed by atoms with E-state index in [-0.39, 0.29) is 12.4 Å². The van der Waals surface area contributed by atoms with Crippen LogP contribution in [0.3, 0.4) is 0 Å². The average Bonchev–Trinajstić information content (AvgIpc) is 2.80. The Labute approximate surface area is 140 Å². The van der Waals surface area contributed by atoms with Crippen LogP contribution in [-0.4, -0.2) is 28.9 Å². The van der Waals surface area contributed by atoms with E-state index in [0.29, 0.717) is 5.02 Å². The maximum Gasteiger partial charge on any atom is 0.193 e. The molecule has 5 heteroatoms. The molecule has 3 nitrogen and oxygen atoms in total. The third-order valence-corrected chi connectivity index (χ3v) is 4.49. The molecule has 2 aliphatic rings. The molecule has 0 bridgehead atoms. The summed E-state index contributed by atoms with van der Waals surface area (Å²) in [6.45, 7) is 1.61. The summed E-state index contributed by atoms with van der Waals surface area (Å²) < 4.78 is 0. The van der Waals surface area contributed by atoms with Crippen molar-refractivity contribution >= 4 is 29.8 Å². The van der Waals surface area contributed by atoms with Gasteiger partial charge in [0.15, 0.2) is 5.72 Å². The summed E-state index contributed by atoms with van der Waals surface area (Å²) in [5.74, 6) is 0.898. The second-order valence-electron chi connectivity index (χ2n) is 5.44. The zero-order valence-electron chi connectivity index (χ0n) is 11.9. The van der Waals surface area contributed by atoms with Gasteiger partial charge in [0.1, 0.15) is 5.84 Å². The monoisotopic (exact) mass is 334 g/mol. The summed E-state index contributed by atoms with van der Waals surface area (Å²) in [4.78, 5) is 6.63. The van der Waals surface area contributed by atoms with Gasteiger partial charge in [-0.25, -0.2) is 0 Å². The molecular formula is C17H16Cl2N2O. The highest BCUT2D eigenvalue weighted by molar-refractivity contribution is 6.30. The number of halogens is 2. The van der Waals surface area contributed by atoms with E-state index in [1.807, 2.05) is 53.4 Å². The molecule has 0 saturated heterocycles. The summed E-state index contributed by atoms with van der Waals surface area (Å²) in [6, 6.07) is 15.4. The quantitative estimate of drug-likeness (QED) is 0.867. The summed E-state index contributed by atoms with van der Waals surface area (Å²) in [6.07, 6.45) is 0.952. The lowest BCUT2D eigenvalue weighted by Crippen LogP contribution is -2.47. The number of nitrogens with zero attached hydrogens (tertiary/aromatic N) is 2. The van der Waals surface area contributed by atoms with E-state index in [1.54, 1.807) is 0 Å². The minimum atomic E-state index is -1.15. The van der Waals surface area contributed by atoms with Gasteiger partial charge in [0, 0.05) is 34.8 Å². The second-order valence-corrected chi connectivity index (χ2v) is 5.87. The van der Waals surface area contributed by atoms with E-state index in [0.717, 1.165) is 42.0 Å². The highest BCUT2D eigenvalue weighted by Crippen LogP contribution is 2.43. The third kappa shape index (κ3) is 2.04. The molecule has 0 aromatic heterocycles. The molecule has 22 heavy (non-hydrogen) atoms. The number of hydrogen-bond acceptors (Lipinski definition) is 3. The van der Waals surface area contributed by atoms with Crippen molar-refractivity contribution in [2.75, 3.05) is 13.1 Å². The topological polar surface area (TPSA) is 35.8 Å². The molecule has 4 rings (SSSR count). The lowest BCUT2D eigenvalue weighted by Gasteiger charge is -2.37. The fraction of sp³-hybridized carbons (Fsp3) is 0.235. The first kappa shape index (κ1) is 15.3. The van der Waals surface area contributed by atoms with E-state index in [4.69, 9.17) is 11.6 Å². The van der Waals surface area contributed by atoms with Gasteiger partial charge >= 0.3 is 0 Å². The molecular weight excluding hydrogens is 319 g/mol.